The van der Waals surface area contributed by atoms with E-state index >= 15 is 0 Å². The largest absolute Gasteiger partial charge is 0.353 e. The van der Waals surface area contributed by atoms with Crippen molar-refractivity contribution in [1.82, 2.24) is 10.2 Å². The Balaban J connectivity index is 0.00000324. The standard InChI is InChI=1S/C14H29N3O.ClH/c1-4-7-14(3,15)13(18)16-8-11-17-9-5-12(2)6-10-17;/h12H,4-11,15H2,1-3H3,(H,16,18);1H. The van der Waals surface area contributed by atoms with Crippen LogP contribution in [0.3, 0.4) is 0 Å². The predicted octanol–water partition coefficient (Wildman–Crippen LogP) is 1.77. The van der Waals surface area contributed by atoms with E-state index in [0.717, 1.165) is 38.4 Å². The van der Waals surface area contributed by atoms with Crippen LogP contribution in [-0.2, 0) is 4.79 Å². The number of carbonyl (C=O) groups excluding carboxylic acids is 1. The number of nitrogens with one attached hydrogen (secondary N) is 1. The van der Waals surface area contributed by atoms with E-state index in [9.17, 15) is 4.79 Å². The van der Waals surface area contributed by atoms with Crippen LogP contribution < -0.4 is 11.1 Å². The molecule has 0 aromatic heterocycles. The molecule has 0 bridgehead atoms. The Morgan fingerprint density at radius 2 is 2.00 bits per heavy atom. The van der Waals surface area contributed by atoms with Gasteiger partial charge in [0.2, 0.25) is 5.91 Å². The maximum absolute atomic E-state index is 11.9. The molecule has 114 valence electrons. The Morgan fingerprint density at radius 1 is 1.42 bits per heavy atom. The number of likely N-dealkylation sites (tertiary alicyclic amines) is 1. The Hall–Kier alpha value is -0.320. The number of halogens is 1. The third kappa shape index (κ3) is 6.59. The number of piperidine rings is 1. The molecule has 3 N–H and O–H groups in total. The lowest BCUT2D eigenvalue weighted by atomic mass is 9.96. The van der Waals surface area contributed by atoms with Gasteiger partial charge < -0.3 is 16.0 Å². The van der Waals surface area contributed by atoms with Gasteiger partial charge in [0, 0.05) is 13.1 Å². The third-order valence-corrected chi connectivity index (χ3v) is 3.88. The van der Waals surface area contributed by atoms with Gasteiger partial charge in [0.15, 0.2) is 0 Å². The molecule has 1 fully saturated rings. The van der Waals surface area contributed by atoms with Gasteiger partial charge in [-0.25, -0.2) is 0 Å². The van der Waals surface area contributed by atoms with Crippen LogP contribution in [-0.4, -0.2) is 42.5 Å². The second-order valence-electron chi connectivity index (χ2n) is 5.95. The first-order valence-electron chi connectivity index (χ1n) is 7.25. The third-order valence-electron chi connectivity index (χ3n) is 3.88. The summed E-state index contributed by atoms with van der Waals surface area (Å²) in [6.07, 6.45) is 4.22. The van der Waals surface area contributed by atoms with E-state index in [2.05, 4.69) is 17.1 Å². The van der Waals surface area contributed by atoms with E-state index in [1.54, 1.807) is 0 Å². The molecule has 0 spiro atoms. The molecule has 5 heteroatoms. The van der Waals surface area contributed by atoms with Gasteiger partial charge in [0.05, 0.1) is 5.54 Å². The summed E-state index contributed by atoms with van der Waals surface area (Å²) < 4.78 is 0. The molecule has 1 unspecified atom stereocenters. The van der Waals surface area contributed by atoms with Crippen LogP contribution in [0.25, 0.3) is 0 Å². The van der Waals surface area contributed by atoms with Crippen LogP contribution in [0, 0.1) is 5.92 Å². The van der Waals surface area contributed by atoms with Gasteiger partial charge in [-0.1, -0.05) is 20.3 Å². The fourth-order valence-corrected chi connectivity index (χ4v) is 2.45. The molecular formula is C14H30ClN3O. The molecule has 1 aliphatic rings. The second-order valence-corrected chi connectivity index (χ2v) is 5.95. The summed E-state index contributed by atoms with van der Waals surface area (Å²) in [4.78, 5) is 14.3. The molecule has 0 aliphatic carbocycles. The number of nitrogens with zero attached hydrogens (tertiary/aromatic N) is 1. The van der Waals surface area contributed by atoms with Crippen molar-refractivity contribution in [2.45, 2.75) is 52.0 Å². The molecule has 1 saturated heterocycles. The molecule has 0 radical (unpaired) electrons. The summed E-state index contributed by atoms with van der Waals surface area (Å²) >= 11 is 0. The quantitative estimate of drug-likeness (QED) is 0.784. The lowest BCUT2D eigenvalue weighted by Crippen LogP contribution is -2.52. The Kier molecular flexibility index (Phi) is 8.62. The van der Waals surface area contributed by atoms with Crippen molar-refractivity contribution in [1.29, 1.82) is 0 Å². The number of hydrogen-bond acceptors (Lipinski definition) is 3. The van der Waals surface area contributed by atoms with E-state index < -0.39 is 5.54 Å². The highest BCUT2D eigenvalue weighted by atomic mass is 35.5. The molecule has 0 aromatic carbocycles. The zero-order valence-electron chi connectivity index (χ0n) is 12.6. The van der Waals surface area contributed by atoms with Gasteiger partial charge in [-0.05, 0) is 45.2 Å². The Labute approximate surface area is 123 Å². The van der Waals surface area contributed by atoms with E-state index in [4.69, 9.17) is 5.73 Å². The average molecular weight is 292 g/mol. The van der Waals surface area contributed by atoms with Gasteiger partial charge in [-0.15, -0.1) is 12.4 Å². The zero-order valence-corrected chi connectivity index (χ0v) is 13.4. The Morgan fingerprint density at radius 3 is 2.53 bits per heavy atom. The molecule has 19 heavy (non-hydrogen) atoms. The van der Waals surface area contributed by atoms with Crippen LogP contribution in [0.15, 0.2) is 0 Å². The summed E-state index contributed by atoms with van der Waals surface area (Å²) in [6.45, 7) is 10.1. The summed E-state index contributed by atoms with van der Waals surface area (Å²) in [5, 5.41) is 2.96. The van der Waals surface area contributed by atoms with Gasteiger partial charge in [-0.3, -0.25) is 4.79 Å². The first-order chi connectivity index (χ1) is 8.45. The minimum absolute atomic E-state index is 0. The maximum atomic E-state index is 11.9. The highest BCUT2D eigenvalue weighted by molar-refractivity contribution is 5.85. The van der Waals surface area contributed by atoms with Crippen LogP contribution in [0.4, 0.5) is 0 Å². The average Bonchev–Trinajstić information content (AvgIpc) is 2.31. The second kappa shape index (κ2) is 8.77. The van der Waals surface area contributed by atoms with Crippen molar-refractivity contribution in [3.05, 3.63) is 0 Å². The number of hydrogen-bond donors (Lipinski definition) is 2. The topological polar surface area (TPSA) is 58.4 Å². The van der Waals surface area contributed by atoms with Crippen molar-refractivity contribution in [3.63, 3.8) is 0 Å². The maximum Gasteiger partial charge on any atom is 0.239 e. The van der Waals surface area contributed by atoms with Crippen molar-refractivity contribution in [3.8, 4) is 0 Å². The minimum Gasteiger partial charge on any atom is -0.353 e. The van der Waals surface area contributed by atoms with E-state index in [0.29, 0.717) is 6.54 Å². The molecule has 1 rings (SSSR count). The molecule has 1 heterocycles. The predicted molar refractivity (Wildman–Crippen MR) is 82.6 cm³/mol. The van der Waals surface area contributed by atoms with E-state index in [-0.39, 0.29) is 18.3 Å². The first-order valence-corrected chi connectivity index (χ1v) is 7.25. The highest BCUT2D eigenvalue weighted by Gasteiger charge is 2.26. The smallest absolute Gasteiger partial charge is 0.239 e. The molecule has 0 saturated carbocycles. The summed E-state index contributed by atoms with van der Waals surface area (Å²) in [5.74, 6) is 0.836. The number of rotatable bonds is 6. The molecule has 1 aliphatic heterocycles. The van der Waals surface area contributed by atoms with Gasteiger partial charge >= 0.3 is 0 Å². The minimum atomic E-state index is -0.717. The van der Waals surface area contributed by atoms with Crippen LogP contribution in [0.1, 0.15) is 46.5 Å². The molecule has 4 nitrogen and oxygen atoms in total. The first kappa shape index (κ1) is 18.7. The number of carbonyl (C=O) groups is 1. The van der Waals surface area contributed by atoms with Gasteiger partial charge in [0.25, 0.3) is 0 Å². The fourth-order valence-electron chi connectivity index (χ4n) is 2.45. The van der Waals surface area contributed by atoms with Crippen molar-refractivity contribution in [2.75, 3.05) is 26.2 Å². The molecule has 0 aromatic rings. The van der Waals surface area contributed by atoms with Crippen molar-refractivity contribution < 1.29 is 4.79 Å². The van der Waals surface area contributed by atoms with E-state index in [1.165, 1.54) is 12.8 Å². The Bertz CT molecular complexity index is 263. The summed E-state index contributed by atoms with van der Waals surface area (Å²) in [6, 6.07) is 0. The molecular weight excluding hydrogens is 262 g/mol. The number of nitrogens with two attached hydrogens (primary N) is 1. The van der Waals surface area contributed by atoms with Crippen molar-refractivity contribution in [2.24, 2.45) is 11.7 Å². The SMILES string of the molecule is CCCC(C)(N)C(=O)NCCN1CCC(C)CC1.Cl. The van der Waals surface area contributed by atoms with E-state index in [1.807, 2.05) is 13.8 Å². The molecule has 1 atom stereocenters. The summed E-state index contributed by atoms with van der Waals surface area (Å²) in [5.41, 5.74) is 5.27. The molecule has 1 amide bonds. The van der Waals surface area contributed by atoms with Gasteiger partial charge in [-0.2, -0.15) is 0 Å². The lowest BCUT2D eigenvalue weighted by Gasteiger charge is -2.30. The van der Waals surface area contributed by atoms with Crippen molar-refractivity contribution >= 4 is 18.3 Å². The summed E-state index contributed by atoms with van der Waals surface area (Å²) in [7, 11) is 0. The lowest BCUT2D eigenvalue weighted by molar-refractivity contribution is -0.126. The number of amides is 1. The zero-order chi connectivity index (χ0) is 13.6. The van der Waals surface area contributed by atoms with Crippen LogP contribution in [0.5, 0.6) is 0 Å². The monoisotopic (exact) mass is 291 g/mol. The highest BCUT2D eigenvalue weighted by Crippen LogP contribution is 2.15. The van der Waals surface area contributed by atoms with Crippen LogP contribution >= 0.6 is 12.4 Å². The normalized spacial score (nSPS) is 20.4. The fraction of sp³-hybridized carbons (Fsp3) is 0.929. The van der Waals surface area contributed by atoms with Crippen LogP contribution in [0.2, 0.25) is 0 Å². The van der Waals surface area contributed by atoms with Gasteiger partial charge in [0.1, 0.15) is 0 Å².